The fraction of sp³-hybridized carbons (Fsp3) is 0.226. The number of nitrogens with one attached hydrogen (secondary N) is 1. The zero-order valence-corrected chi connectivity index (χ0v) is 23.8. The molecule has 3 heterocycles. The number of aromatic hydroxyl groups is 1. The lowest BCUT2D eigenvalue weighted by Gasteiger charge is -2.22. The smallest absolute Gasteiger partial charge is 0.407 e. The van der Waals surface area contributed by atoms with Crippen LogP contribution in [0.3, 0.4) is 0 Å². The van der Waals surface area contributed by atoms with E-state index in [0.29, 0.717) is 28.4 Å². The number of para-hydroxylation sites is 1. The summed E-state index contributed by atoms with van der Waals surface area (Å²) in [6, 6.07) is 21.4. The van der Waals surface area contributed by atoms with Crippen molar-refractivity contribution in [3.8, 4) is 16.2 Å². The van der Waals surface area contributed by atoms with E-state index in [9.17, 15) is 14.7 Å². The molecule has 1 atom stereocenters. The molecular formula is C31H31N5O4S. The standard InChI is InChI=1S/C31H31N5O4S/c1-31(2,3)40-30(39)34-17-19-8-4-5-9-21(19)26-13-14-27(41-26)29(38)36-24(22-10-6-7-11-25(22)37)16-23(35-36)20-12-15-28(32)33-18-20/h4-15,18,24,37H,16-17H2,1-3H3,(H2,32,33)(H,34,39). The monoisotopic (exact) mass is 569 g/mol. The Bertz CT molecular complexity index is 1610. The van der Waals surface area contributed by atoms with Crippen molar-refractivity contribution in [1.82, 2.24) is 15.3 Å². The van der Waals surface area contributed by atoms with Crippen LogP contribution in [-0.2, 0) is 11.3 Å². The highest BCUT2D eigenvalue weighted by molar-refractivity contribution is 7.17. The van der Waals surface area contributed by atoms with Gasteiger partial charge in [-0.2, -0.15) is 5.10 Å². The number of carbonyl (C=O) groups excluding carboxylic acids is 2. The number of anilines is 1. The minimum Gasteiger partial charge on any atom is -0.508 e. The molecule has 4 N–H and O–H groups in total. The van der Waals surface area contributed by atoms with Gasteiger partial charge in [-0.05, 0) is 62.2 Å². The van der Waals surface area contributed by atoms with Crippen molar-refractivity contribution in [1.29, 1.82) is 0 Å². The Morgan fingerprint density at radius 2 is 1.83 bits per heavy atom. The van der Waals surface area contributed by atoms with Crippen LogP contribution in [0.2, 0.25) is 0 Å². The number of nitrogens with zero attached hydrogens (tertiary/aromatic N) is 3. The molecule has 41 heavy (non-hydrogen) atoms. The molecule has 0 saturated heterocycles. The molecule has 1 unspecified atom stereocenters. The topological polar surface area (TPSA) is 130 Å². The first-order valence-electron chi connectivity index (χ1n) is 13.1. The zero-order chi connectivity index (χ0) is 29.1. The van der Waals surface area contributed by atoms with Crippen LogP contribution in [0.5, 0.6) is 5.75 Å². The van der Waals surface area contributed by atoms with Crippen molar-refractivity contribution in [2.45, 2.75) is 45.4 Å². The van der Waals surface area contributed by atoms with Crippen molar-refractivity contribution >= 4 is 34.9 Å². The lowest BCUT2D eigenvalue weighted by molar-refractivity contribution is 0.0523. The van der Waals surface area contributed by atoms with Crippen LogP contribution >= 0.6 is 11.3 Å². The van der Waals surface area contributed by atoms with Gasteiger partial charge < -0.3 is 20.9 Å². The minimum absolute atomic E-state index is 0.0977. The molecule has 1 aliphatic heterocycles. The number of hydrogen-bond donors (Lipinski definition) is 3. The van der Waals surface area contributed by atoms with Gasteiger partial charge in [-0.25, -0.2) is 14.8 Å². The summed E-state index contributed by atoms with van der Waals surface area (Å²) < 4.78 is 5.36. The fourth-order valence-electron chi connectivity index (χ4n) is 4.57. The van der Waals surface area contributed by atoms with E-state index in [0.717, 1.165) is 21.6 Å². The SMILES string of the molecule is CC(C)(C)OC(=O)NCc1ccccc1-c1ccc(C(=O)N2N=C(c3ccc(N)nc3)CC2c2ccccc2O)s1. The summed E-state index contributed by atoms with van der Waals surface area (Å²) in [4.78, 5) is 31.6. The van der Waals surface area contributed by atoms with E-state index in [1.54, 1.807) is 36.5 Å². The Balaban J connectivity index is 1.42. The van der Waals surface area contributed by atoms with E-state index >= 15 is 0 Å². The number of thiophene rings is 1. The molecule has 0 aliphatic carbocycles. The zero-order valence-electron chi connectivity index (χ0n) is 23.0. The van der Waals surface area contributed by atoms with E-state index < -0.39 is 17.7 Å². The first-order valence-corrected chi connectivity index (χ1v) is 14.0. The molecule has 5 rings (SSSR count). The quantitative estimate of drug-likeness (QED) is 0.257. The molecule has 0 saturated carbocycles. The molecule has 1 aliphatic rings. The predicted molar refractivity (Wildman–Crippen MR) is 160 cm³/mol. The Hall–Kier alpha value is -4.70. The van der Waals surface area contributed by atoms with Crippen LogP contribution < -0.4 is 11.1 Å². The van der Waals surface area contributed by atoms with Gasteiger partial charge in [0.1, 0.15) is 17.2 Å². The molecule has 4 aromatic rings. The third kappa shape index (κ3) is 6.38. The van der Waals surface area contributed by atoms with Crippen molar-refractivity contribution in [2.24, 2.45) is 5.10 Å². The molecule has 10 heteroatoms. The summed E-state index contributed by atoms with van der Waals surface area (Å²) in [6.45, 7) is 5.72. The lowest BCUT2D eigenvalue weighted by Crippen LogP contribution is -2.32. The highest BCUT2D eigenvalue weighted by Crippen LogP contribution is 2.39. The maximum absolute atomic E-state index is 13.9. The van der Waals surface area contributed by atoms with Gasteiger partial charge >= 0.3 is 6.09 Å². The molecule has 2 aromatic carbocycles. The number of rotatable bonds is 6. The van der Waals surface area contributed by atoms with E-state index in [-0.39, 0.29) is 18.2 Å². The predicted octanol–water partition coefficient (Wildman–Crippen LogP) is 6.11. The fourth-order valence-corrected chi connectivity index (χ4v) is 5.57. The van der Waals surface area contributed by atoms with Gasteiger partial charge in [-0.1, -0.05) is 42.5 Å². The second-order valence-electron chi connectivity index (χ2n) is 10.6. The summed E-state index contributed by atoms with van der Waals surface area (Å²) >= 11 is 1.34. The highest BCUT2D eigenvalue weighted by atomic mass is 32.1. The summed E-state index contributed by atoms with van der Waals surface area (Å²) in [5, 5.41) is 19.6. The van der Waals surface area contributed by atoms with Gasteiger partial charge in [0.2, 0.25) is 0 Å². The van der Waals surface area contributed by atoms with E-state index in [1.807, 2.05) is 63.2 Å². The maximum Gasteiger partial charge on any atom is 0.407 e. The van der Waals surface area contributed by atoms with E-state index in [2.05, 4.69) is 10.3 Å². The summed E-state index contributed by atoms with van der Waals surface area (Å²) in [6.07, 6.45) is 1.55. The number of phenols is 1. The summed E-state index contributed by atoms with van der Waals surface area (Å²) in [7, 11) is 0. The highest BCUT2D eigenvalue weighted by Gasteiger charge is 2.35. The summed E-state index contributed by atoms with van der Waals surface area (Å²) in [5.74, 6) is 0.211. The largest absolute Gasteiger partial charge is 0.508 e. The van der Waals surface area contributed by atoms with Crippen LogP contribution in [0.25, 0.3) is 10.4 Å². The molecule has 0 bridgehead atoms. The lowest BCUT2D eigenvalue weighted by atomic mass is 9.98. The van der Waals surface area contributed by atoms with Gasteiger partial charge in [0.25, 0.3) is 5.91 Å². The number of hydrogen-bond acceptors (Lipinski definition) is 8. The number of phenolic OH excluding ortho intramolecular Hbond substituents is 1. The number of benzene rings is 2. The van der Waals surface area contributed by atoms with Crippen molar-refractivity contribution in [2.75, 3.05) is 5.73 Å². The van der Waals surface area contributed by atoms with Crippen LogP contribution in [-0.4, -0.2) is 38.4 Å². The molecule has 0 spiro atoms. The Morgan fingerprint density at radius 1 is 1.07 bits per heavy atom. The third-order valence-corrected chi connectivity index (χ3v) is 7.56. The maximum atomic E-state index is 13.9. The number of ether oxygens (including phenoxy) is 1. The van der Waals surface area contributed by atoms with Gasteiger partial charge in [0, 0.05) is 35.2 Å². The van der Waals surface area contributed by atoms with Crippen LogP contribution in [0.1, 0.15) is 59.6 Å². The van der Waals surface area contributed by atoms with Crippen LogP contribution in [0.4, 0.5) is 10.6 Å². The second-order valence-corrected chi connectivity index (χ2v) is 11.7. The van der Waals surface area contributed by atoms with E-state index in [4.69, 9.17) is 15.6 Å². The van der Waals surface area contributed by atoms with Crippen molar-refractivity contribution in [3.05, 3.63) is 101 Å². The van der Waals surface area contributed by atoms with Crippen LogP contribution in [0.15, 0.2) is 84.1 Å². The number of alkyl carbamates (subject to hydrolysis) is 1. The van der Waals surface area contributed by atoms with Gasteiger partial charge in [-0.15, -0.1) is 11.3 Å². The first kappa shape index (κ1) is 27.9. The summed E-state index contributed by atoms with van der Waals surface area (Å²) in [5.41, 5.74) is 9.01. The average molecular weight is 570 g/mol. The average Bonchev–Trinajstić information content (AvgIpc) is 3.60. The number of hydrazone groups is 1. The third-order valence-electron chi connectivity index (χ3n) is 6.46. The Morgan fingerprint density at radius 3 is 2.56 bits per heavy atom. The first-order chi connectivity index (χ1) is 19.6. The number of amides is 2. The normalized spacial score (nSPS) is 15.0. The van der Waals surface area contributed by atoms with Gasteiger partial charge in [0.15, 0.2) is 0 Å². The molecule has 2 aromatic heterocycles. The van der Waals surface area contributed by atoms with Crippen molar-refractivity contribution in [3.63, 3.8) is 0 Å². The van der Waals surface area contributed by atoms with Crippen LogP contribution in [0, 0.1) is 0 Å². The Kier molecular flexibility index (Phi) is 7.76. The second kappa shape index (κ2) is 11.4. The van der Waals surface area contributed by atoms with Gasteiger partial charge in [-0.3, -0.25) is 4.79 Å². The molecule has 9 nitrogen and oxygen atoms in total. The number of carbonyl (C=O) groups is 2. The molecule has 2 amide bonds. The molecule has 210 valence electrons. The van der Waals surface area contributed by atoms with Gasteiger partial charge in [0.05, 0.1) is 16.6 Å². The Labute approximate surface area is 242 Å². The minimum atomic E-state index is -0.594. The number of nitrogen functional groups attached to an aromatic ring is 1. The number of aromatic nitrogens is 1. The molecule has 0 radical (unpaired) electrons. The molecular weight excluding hydrogens is 538 g/mol. The van der Waals surface area contributed by atoms with Crippen molar-refractivity contribution < 1.29 is 19.4 Å². The number of nitrogens with two attached hydrogens (primary N) is 1. The number of pyridine rings is 1. The molecule has 0 fully saturated rings. The van der Waals surface area contributed by atoms with E-state index in [1.165, 1.54) is 16.3 Å².